The number of hydrogen-bond donors (Lipinski definition) is 1. The van der Waals surface area contributed by atoms with Crippen molar-refractivity contribution in [3.8, 4) is 0 Å². The van der Waals surface area contributed by atoms with Gasteiger partial charge in [-0.2, -0.15) is 0 Å². The summed E-state index contributed by atoms with van der Waals surface area (Å²) in [6.45, 7) is 4.47. The largest absolute Gasteiger partial charge is 0.368 e. The van der Waals surface area contributed by atoms with Crippen LogP contribution >= 0.6 is 36.4 Å². The molecule has 1 atom stereocenters. The topological polar surface area (TPSA) is 35.6 Å². The lowest BCUT2D eigenvalue weighted by atomic mass is 10.1. The highest BCUT2D eigenvalue weighted by Gasteiger charge is 2.24. The molecular formula is C16H24Cl3N3O. The van der Waals surface area contributed by atoms with Crippen molar-refractivity contribution >= 4 is 48.0 Å². The molecule has 23 heavy (non-hydrogen) atoms. The molecule has 1 aromatic rings. The van der Waals surface area contributed by atoms with E-state index in [0.717, 1.165) is 44.2 Å². The maximum absolute atomic E-state index is 12.3. The molecule has 130 valence electrons. The number of carbonyl (C=O) groups excluding carboxylic acids is 1. The summed E-state index contributed by atoms with van der Waals surface area (Å²) in [5.74, 6) is 0.296. The second-order valence-corrected chi connectivity index (χ2v) is 6.28. The number of anilines is 1. The first-order valence-electron chi connectivity index (χ1n) is 7.74. The van der Waals surface area contributed by atoms with E-state index in [4.69, 9.17) is 11.6 Å². The molecule has 1 aromatic carbocycles. The number of rotatable bonds is 3. The first-order chi connectivity index (χ1) is 10.2. The summed E-state index contributed by atoms with van der Waals surface area (Å²) in [4.78, 5) is 16.6. The maximum atomic E-state index is 12.3. The van der Waals surface area contributed by atoms with Gasteiger partial charge in [-0.3, -0.25) is 4.79 Å². The van der Waals surface area contributed by atoms with E-state index >= 15 is 0 Å². The molecule has 2 heterocycles. The Morgan fingerprint density at radius 1 is 1.13 bits per heavy atom. The van der Waals surface area contributed by atoms with Gasteiger partial charge in [-0.05, 0) is 43.7 Å². The van der Waals surface area contributed by atoms with Gasteiger partial charge in [-0.25, -0.2) is 0 Å². The molecule has 0 spiro atoms. The van der Waals surface area contributed by atoms with Crippen LogP contribution in [0.4, 0.5) is 5.69 Å². The lowest BCUT2D eigenvalue weighted by molar-refractivity contribution is -0.131. The molecule has 2 saturated heterocycles. The summed E-state index contributed by atoms with van der Waals surface area (Å²) in [5, 5.41) is 4.16. The van der Waals surface area contributed by atoms with Gasteiger partial charge in [-0.1, -0.05) is 11.6 Å². The number of hydrogen-bond acceptors (Lipinski definition) is 3. The monoisotopic (exact) mass is 379 g/mol. The van der Waals surface area contributed by atoms with E-state index in [9.17, 15) is 4.79 Å². The number of amides is 1. The fraction of sp³-hybridized carbons (Fsp3) is 0.562. The quantitative estimate of drug-likeness (QED) is 0.875. The second kappa shape index (κ2) is 9.58. The number of benzene rings is 1. The van der Waals surface area contributed by atoms with Crippen LogP contribution in [0.15, 0.2) is 24.3 Å². The van der Waals surface area contributed by atoms with Crippen LogP contribution in [0, 0.1) is 0 Å². The van der Waals surface area contributed by atoms with Crippen LogP contribution in [0.1, 0.15) is 19.3 Å². The van der Waals surface area contributed by atoms with Gasteiger partial charge in [0.2, 0.25) is 5.91 Å². The Kier molecular flexibility index (Phi) is 8.48. The zero-order valence-electron chi connectivity index (χ0n) is 13.0. The Labute approximate surface area is 155 Å². The van der Waals surface area contributed by atoms with Gasteiger partial charge in [-0.15, -0.1) is 24.8 Å². The van der Waals surface area contributed by atoms with Crippen molar-refractivity contribution in [1.82, 2.24) is 10.2 Å². The fourth-order valence-corrected chi connectivity index (χ4v) is 3.26. The molecule has 0 aliphatic carbocycles. The molecule has 2 aliphatic rings. The first kappa shape index (κ1) is 20.4. The maximum Gasteiger partial charge on any atom is 0.224 e. The van der Waals surface area contributed by atoms with Gasteiger partial charge in [0.1, 0.15) is 0 Å². The van der Waals surface area contributed by atoms with Crippen LogP contribution < -0.4 is 10.2 Å². The minimum Gasteiger partial charge on any atom is -0.368 e. The van der Waals surface area contributed by atoms with Gasteiger partial charge < -0.3 is 15.1 Å². The summed E-state index contributed by atoms with van der Waals surface area (Å²) in [7, 11) is 0. The highest BCUT2D eigenvalue weighted by Crippen LogP contribution is 2.20. The highest BCUT2D eigenvalue weighted by molar-refractivity contribution is 6.30. The predicted molar refractivity (Wildman–Crippen MR) is 100 cm³/mol. The third kappa shape index (κ3) is 5.42. The first-order valence-corrected chi connectivity index (χ1v) is 8.12. The van der Waals surface area contributed by atoms with E-state index in [1.54, 1.807) is 0 Å². The number of carbonyl (C=O) groups is 1. The summed E-state index contributed by atoms with van der Waals surface area (Å²) >= 11 is 5.92. The van der Waals surface area contributed by atoms with E-state index in [2.05, 4.69) is 10.2 Å². The van der Waals surface area contributed by atoms with Crippen LogP contribution in [0.5, 0.6) is 0 Å². The molecule has 7 heteroatoms. The third-order valence-electron chi connectivity index (χ3n) is 4.41. The number of nitrogens with one attached hydrogen (secondary N) is 1. The van der Waals surface area contributed by atoms with Gasteiger partial charge in [0.25, 0.3) is 0 Å². The van der Waals surface area contributed by atoms with E-state index in [1.807, 2.05) is 29.2 Å². The molecule has 4 nitrogen and oxygen atoms in total. The average molecular weight is 381 g/mol. The van der Waals surface area contributed by atoms with E-state index in [1.165, 1.54) is 12.1 Å². The third-order valence-corrected chi connectivity index (χ3v) is 4.66. The second-order valence-electron chi connectivity index (χ2n) is 5.84. The van der Waals surface area contributed by atoms with Crippen molar-refractivity contribution in [2.75, 3.05) is 37.6 Å². The van der Waals surface area contributed by atoms with Crippen LogP contribution in [0.3, 0.4) is 0 Å². The van der Waals surface area contributed by atoms with Gasteiger partial charge in [0.15, 0.2) is 0 Å². The summed E-state index contributed by atoms with van der Waals surface area (Å²) in [5.41, 5.74) is 1.18. The molecule has 0 bridgehead atoms. The van der Waals surface area contributed by atoms with Crippen molar-refractivity contribution in [3.05, 3.63) is 29.3 Å². The zero-order chi connectivity index (χ0) is 14.7. The minimum absolute atomic E-state index is 0. The van der Waals surface area contributed by atoms with Gasteiger partial charge >= 0.3 is 0 Å². The molecule has 1 amide bonds. The Balaban J connectivity index is 0.00000132. The average Bonchev–Trinajstić information content (AvgIpc) is 3.01. The van der Waals surface area contributed by atoms with Crippen LogP contribution in [-0.2, 0) is 4.79 Å². The smallest absolute Gasteiger partial charge is 0.224 e. The molecule has 0 radical (unpaired) electrons. The Morgan fingerprint density at radius 2 is 1.78 bits per heavy atom. The fourth-order valence-electron chi connectivity index (χ4n) is 3.14. The molecule has 2 aliphatic heterocycles. The lowest BCUT2D eigenvalue weighted by Gasteiger charge is -2.36. The van der Waals surface area contributed by atoms with Crippen molar-refractivity contribution in [1.29, 1.82) is 0 Å². The SMILES string of the molecule is Cl.Cl.O=C(CC1CCCN1)N1CCN(c2ccc(Cl)cc2)CC1. The predicted octanol–water partition coefficient (Wildman–Crippen LogP) is 2.97. The summed E-state index contributed by atoms with van der Waals surface area (Å²) in [6, 6.07) is 8.32. The zero-order valence-corrected chi connectivity index (χ0v) is 15.4. The summed E-state index contributed by atoms with van der Waals surface area (Å²) < 4.78 is 0. The molecule has 0 saturated carbocycles. The number of piperazine rings is 1. The van der Waals surface area contributed by atoms with Crippen molar-refractivity contribution < 1.29 is 4.79 Å². The van der Waals surface area contributed by atoms with Crippen LogP contribution in [-0.4, -0.2) is 49.6 Å². The standard InChI is InChI=1S/C16H22ClN3O.2ClH/c17-13-3-5-15(6-4-13)19-8-10-20(11-9-19)16(21)12-14-2-1-7-18-14;;/h3-6,14,18H,1-2,7-12H2;2*1H. The molecule has 1 N–H and O–H groups in total. The van der Waals surface area contributed by atoms with Crippen molar-refractivity contribution in [2.45, 2.75) is 25.3 Å². The van der Waals surface area contributed by atoms with Crippen LogP contribution in [0.25, 0.3) is 0 Å². The molecule has 3 rings (SSSR count). The Morgan fingerprint density at radius 3 is 2.35 bits per heavy atom. The molecule has 1 unspecified atom stereocenters. The van der Waals surface area contributed by atoms with E-state index < -0.39 is 0 Å². The molecule has 0 aromatic heterocycles. The lowest BCUT2D eigenvalue weighted by Crippen LogP contribution is -2.49. The molecular weight excluding hydrogens is 357 g/mol. The van der Waals surface area contributed by atoms with Crippen molar-refractivity contribution in [3.63, 3.8) is 0 Å². The van der Waals surface area contributed by atoms with Gasteiger partial charge in [0.05, 0.1) is 0 Å². The van der Waals surface area contributed by atoms with E-state index in [-0.39, 0.29) is 24.8 Å². The highest BCUT2D eigenvalue weighted by atomic mass is 35.5. The van der Waals surface area contributed by atoms with Crippen molar-refractivity contribution in [2.24, 2.45) is 0 Å². The normalized spacial score (nSPS) is 20.7. The summed E-state index contributed by atoms with van der Waals surface area (Å²) in [6.07, 6.45) is 2.99. The molecule has 2 fully saturated rings. The van der Waals surface area contributed by atoms with Gasteiger partial charge in [0, 0.05) is 49.4 Å². The number of nitrogens with zero attached hydrogens (tertiary/aromatic N) is 2. The number of halogens is 3. The Bertz CT molecular complexity index is 484. The Hall–Kier alpha value is -0.680. The minimum atomic E-state index is 0. The van der Waals surface area contributed by atoms with Crippen LogP contribution in [0.2, 0.25) is 5.02 Å². The van der Waals surface area contributed by atoms with E-state index in [0.29, 0.717) is 18.4 Å².